The van der Waals surface area contributed by atoms with Gasteiger partial charge in [-0.2, -0.15) is 0 Å². The van der Waals surface area contributed by atoms with Crippen molar-refractivity contribution >= 4 is 12.4 Å². The summed E-state index contributed by atoms with van der Waals surface area (Å²) in [6, 6.07) is 18.5. The molecule has 1 aliphatic rings. The largest absolute Gasteiger partial charge is 0.308 e. The minimum atomic E-state index is 0. The molecule has 3 rings (SSSR count). The first-order valence-electron chi connectivity index (χ1n) is 10.4. The van der Waals surface area contributed by atoms with Crippen LogP contribution in [0.3, 0.4) is 0 Å². The predicted octanol–water partition coefficient (Wildman–Crippen LogP) is 5.20. The molecular formula is C24H35ClN2. The molecular weight excluding hydrogens is 352 g/mol. The van der Waals surface area contributed by atoms with Crippen LogP contribution in [0.2, 0.25) is 0 Å². The minimum Gasteiger partial charge on any atom is -0.308 e. The molecule has 2 aromatic carbocycles. The van der Waals surface area contributed by atoms with E-state index >= 15 is 0 Å². The molecule has 0 radical (unpaired) electrons. The number of aryl methyl sites for hydroxylation is 2. The first-order chi connectivity index (χ1) is 12.8. The highest BCUT2D eigenvalue weighted by atomic mass is 35.5. The molecule has 0 amide bonds. The van der Waals surface area contributed by atoms with Gasteiger partial charge in [-0.3, -0.25) is 0 Å². The van der Waals surface area contributed by atoms with Gasteiger partial charge in [-0.05, 0) is 67.4 Å². The summed E-state index contributed by atoms with van der Waals surface area (Å²) in [6.07, 6.45) is 6.25. The van der Waals surface area contributed by atoms with Crippen LogP contribution in [0.5, 0.6) is 0 Å². The Hall–Kier alpha value is -1.35. The normalized spacial score (nSPS) is 14.5. The van der Waals surface area contributed by atoms with Gasteiger partial charge in [-0.1, -0.05) is 62.4 Å². The summed E-state index contributed by atoms with van der Waals surface area (Å²) in [5.74, 6) is 0. The highest BCUT2D eigenvalue weighted by molar-refractivity contribution is 5.85. The van der Waals surface area contributed by atoms with Crippen molar-refractivity contribution in [2.75, 3.05) is 26.2 Å². The number of hydrogen-bond acceptors (Lipinski definition) is 2. The van der Waals surface area contributed by atoms with Crippen molar-refractivity contribution in [1.82, 2.24) is 10.2 Å². The molecule has 1 aliphatic carbocycles. The van der Waals surface area contributed by atoms with Crippen LogP contribution < -0.4 is 5.32 Å². The Balaban J connectivity index is 0.00000261. The molecule has 0 saturated heterocycles. The molecule has 3 heteroatoms. The second-order valence-electron chi connectivity index (χ2n) is 7.46. The van der Waals surface area contributed by atoms with Crippen molar-refractivity contribution in [3.63, 3.8) is 0 Å². The Morgan fingerprint density at radius 2 is 1.63 bits per heavy atom. The number of fused-ring (bicyclic) bond motifs is 1. The van der Waals surface area contributed by atoms with Gasteiger partial charge >= 0.3 is 0 Å². The van der Waals surface area contributed by atoms with Crippen LogP contribution in [-0.4, -0.2) is 31.1 Å². The van der Waals surface area contributed by atoms with Crippen molar-refractivity contribution in [3.05, 3.63) is 70.8 Å². The quantitative estimate of drug-likeness (QED) is 0.636. The van der Waals surface area contributed by atoms with E-state index in [0.717, 1.165) is 32.6 Å². The Morgan fingerprint density at radius 1 is 0.926 bits per heavy atom. The summed E-state index contributed by atoms with van der Waals surface area (Å²) < 4.78 is 0. The average Bonchev–Trinajstić information content (AvgIpc) is 2.71. The van der Waals surface area contributed by atoms with Crippen LogP contribution in [0.15, 0.2) is 48.5 Å². The standard InChI is InChI=1S/C24H34N2.ClH/c1-3-26(4-2)17-16-25-24(18-20-10-6-5-7-11-20)23-15-14-21-12-8-9-13-22(21)19-23;/h5-7,10-11,14-15,19,24-25H,3-4,8-9,12-13,16-18H2,1-2H3;1H. The van der Waals surface area contributed by atoms with Crippen molar-refractivity contribution in [1.29, 1.82) is 0 Å². The first kappa shape index (κ1) is 21.9. The van der Waals surface area contributed by atoms with E-state index in [1.54, 1.807) is 11.1 Å². The van der Waals surface area contributed by atoms with Crippen molar-refractivity contribution in [3.8, 4) is 0 Å². The van der Waals surface area contributed by atoms with Crippen molar-refractivity contribution < 1.29 is 0 Å². The molecule has 1 atom stereocenters. The van der Waals surface area contributed by atoms with Gasteiger partial charge < -0.3 is 10.2 Å². The number of hydrogen-bond donors (Lipinski definition) is 1. The predicted molar refractivity (Wildman–Crippen MR) is 119 cm³/mol. The van der Waals surface area contributed by atoms with Gasteiger partial charge in [0.1, 0.15) is 0 Å². The molecule has 0 heterocycles. The maximum atomic E-state index is 3.85. The lowest BCUT2D eigenvalue weighted by molar-refractivity contribution is 0.296. The zero-order chi connectivity index (χ0) is 18.2. The molecule has 0 bridgehead atoms. The molecule has 1 N–H and O–H groups in total. The molecule has 2 aromatic rings. The van der Waals surface area contributed by atoms with E-state index in [2.05, 4.69) is 72.6 Å². The summed E-state index contributed by atoms with van der Waals surface area (Å²) in [6.45, 7) is 8.89. The highest BCUT2D eigenvalue weighted by Crippen LogP contribution is 2.26. The fraction of sp³-hybridized carbons (Fsp3) is 0.500. The second-order valence-corrected chi connectivity index (χ2v) is 7.46. The topological polar surface area (TPSA) is 15.3 Å². The Kier molecular flexibility index (Phi) is 9.33. The van der Waals surface area contributed by atoms with Crippen LogP contribution in [-0.2, 0) is 19.3 Å². The molecule has 148 valence electrons. The fourth-order valence-corrected chi connectivity index (χ4v) is 4.06. The van der Waals surface area contributed by atoms with Gasteiger partial charge in [-0.25, -0.2) is 0 Å². The first-order valence-corrected chi connectivity index (χ1v) is 10.4. The number of benzene rings is 2. The molecule has 2 nitrogen and oxygen atoms in total. The minimum absolute atomic E-state index is 0. The van der Waals surface area contributed by atoms with Crippen LogP contribution in [0.4, 0.5) is 0 Å². The third-order valence-electron chi connectivity index (χ3n) is 5.77. The van der Waals surface area contributed by atoms with Crippen LogP contribution in [0.1, 0.15) is 55.0 Å². The van der Waals surface area contributed by atoms with Crippen LogP contribution >= 0.6 is 12.4 Å². The summed E-state index contributed by atoms with van der Waals surface area (Å²) >= 11 is 0. The monoisotopic (exact) mass is 386 g/mol. The lowest BCUT2D eigenvalue weighted by Gasteiger charge is -2.25. The summed E-state index contributed by atoms with van der Waals surface area (Å²) in [5.41, 5.74) is 6.01. The number of rotatable bonds is 9. The summed E-state index contributed by atoms with van der Waals surface area (Å²) in [7, 11) is 0. The maximum absolute atomic E-state index is 3.85. The van der Waals surface area contributed by atoms with Gasteiger partial charge in [0.2, 0.25) is 0 Å². The van der Waals surface area contributed by atoms with Gasteiger partial charge in [0.05, 0.1) is 0 Å². The summed E-state index contributed by atoms with van der Waals surface area (Å²) in [5, 5.41) is 3.85. The average molecular weight is 387 g/mol. The number of nitrogens with zero attached hydrogens (tertiary/aromatic N) is 1. The Labute approximate surface area is 171 Å². The van der Waals surface area contributed by atoms with E-state index in [-0.39, 0.29) is 12.4 Å². The molecule has 0 aromatic heterocycles. The molecule has 0 saturated carbocycles. The maximum Gasteiger partial charge on any atom is 0.0361 e. The molecule has 0 fully saturated rings. The van der Waals surface area contributed by atoms with E-state index < -0.39 is 0 Å². The van der Waals surface area contributed by atoms with E-state index in [4.69, 9.17) is 0 Å². The number of nitrogens with one attached hydrogen (secondary N) is 1. The lowest BCUT2D eigenvalue weighted by atomic mass is 9.88. The second kappa shape index (κ2) is 11.5. The number of likely N-dealkylation sites (N-methyl/N-ethyl adjacent to an activating group) is 1. The van der Waals surface area contributed by atoms with E-state index in [9.17, 15) is 0 Å². The Bertz CT molecular complexity index is 667. The van der Waals surface area contributed by atoms with Crippen molar-refractivity contribution in [2.45, 2.75) is 52.0 Å². The van der Waals surface area contributed by atoms with Crippen LogP contribution in [0.25, 0.3) is 0 Å². The zero-order valence-electron chi connectivity index (χ0n) is 16.9. The number of halogens is 1. The Morgan fingerprint density at radius 3 is 2.33 bits per heavy atom. The zero-order valence-corrected chi connectivity index (χ0v) is 17.7. The fourth-order valence-electron chi connectivity index (χ4n) is 4.06. The van der Waals surface area contributed by atoms with Gasteiger partial charge in [0.15, 0.2) is 0 Å². The van der Waals surface area contributed by atoms with E-state index in [1.165, 1.54) is 36.8 Å². The molecule has 0 spiro atoms. The van der Waals surface area contributed by atoms with Crippen LogP contribution in [0, 0.1) is 0 Å². The third kappa shape index (κ3) is 6.34. The van der Waals surface area contributed by atoms with E-state index in [0.29, 0.717) is 6.04 Å². The molecule has 27 heavy (non-hydrogen) atoms. The third-order valence-corrected chi connectivity index (χ3v) is 5.77. The van der Waals surface area contributed by atoms with Gasteiger partial charge in [-0.15, -0.1) is 12.4 Å². The lowest BCUT2D eigenvalue weighted by Crippen LogP contribution is -2.34. The molecule has 1 unspecified atom stereocenters. The molecule has 0 aliphatic heterocycles. The van der Waals surface area contributed by atoms with Gasteiger partial charge in [0.25, 0.3) is 0 Å². The van der Waals surface area contributed by atoms with E-state index in [1.807, 2.05) is 0 Å². The van der Waals surface area contributed by atoms with Gasteiger partial charge in [0, 0.05) is 19.1 Å². The SMILES string of the molecule is CCN(CC)CCNC(Cc1ccccc1)c1ccc2c(c1)CCCC2.Cl. The highest BCUT2D eigenvalue weighted by Gasteiger charge is 2.16. The summed E-state index contributed by atoms with van der Waals surface area (Å²) in [4.78, 5) is 2.49. The smallest absolute Gasteiger partial charge is 0.0361 e. The van der Waals surface area contributed by atoms with Crippen molar-refractivity contribution in [2.24, 2.45) is 0 Å².